The summed E-state index contributed by atoms with van der Waals surface area (Å²) in [5.74, 6) is 1.62. The molecule has 1 unspecified atom stereocenters. The Balaban J connectivity index is 1.32. The van der Waals surface area contributed by atoms with E-state index in [1.807, 2.05) is 72.8 Å². The van der Waals surface area contributed by atoms with Gasteiger partial charge in [0.05, 0.1) is 12.6 Å². The van der Waals surface area contributed by atoms with Gasteiger partial charge >= 0.3 is 0 Å². The minimum absolute atomic E-state index is 0.113. The average molecular weight is 445 g/mol. The van der Waals surface area contributed by atoms with Crippen molar-refractivity contribution in [3.63, 3.8) is 0 Å². The second kappa shape index (κ2) is 11.2. The molecule has 1 aliphatic heterocycles. The van der Waals surface area contributed by atoms with Gasteiger partial charge in [0.25, 0.3) is 5.91 Å². The van der Waals surface area contributed by atoms with Crippen molar-refractivity contribution < 1.29 is 14.3 Å². The van der Waals surface area contributed by atoms with Crippen LogP contribution in [0.15, 0.2) is 83.9 Å². The summed E-state index contributed by atoms with van der Waals surface area (Å²) in [5, 5.41) is 6.02. The highest BCUT2D eigenvalue weighted by Gasteiger charge is 2.16. The van der Waals surface area contributed by atoms with Crippen LogP contribution in [0.4, 0.5) is 5.69 Å². The van der Waals surface area contributed by atoms with Gasteiger partial charge in [-0.15, -0.1) is 0 Å². The van der Waals surface area contributed by atoms with Crippen LogP contribution in [0.2, 0.25) is 0 Å². The summed E-state index contributed by atoms with van der Waals surface area (Å²) in [7, 11) is 0. The predicted octanol–water partition coefficient (Wildman–Crippen LogP) is 4.31. The van der Waals surface area contributed by atoms with Crippen molar-refractivity contribution in [2.24, 2.45) is 10.7 Å². The molecule has 1 heterocycles. The number of benzene rings is 3. The minimum atomic E-state index is -0.113. The number of carbonyl (C=O) groups is 1. The molecule has 1 fully saturated rings. The van der Waals surface area contributed by atoms with Crippen molar-refractivity contribution in [1.29, 1.82) is 0 Å². The summed E-state index contributed by atoms with van der Waals surface area (Å²) >= 11 is 0. The van der Waals surface area contributed by atoms with Gasteiger partial charge in [-0.2, -0.15) is 0 Å². The van der Waals surface area contributed by atoms with Gasteiger partial charge in [0, 0.05) is 30.5 Å². The SMILES string of the molecule is NC(=NCc1cccc(C(=O)NCC2CCCO2)c1)Nc1cccc(Oc2ccccc2)c1. The second-order valence-electron chi connectivity index (χ2n) is 7.81. The molecule has 0 spiro atoms. The number of nitrogens with one attached hydrogen (secondary N) is 2. The van der Waals surface area contributed by atoms with Crippen molar-refractivity contribution in [2.45, 2.75) is 25.5 Å². The average Bonchev–Trinajstić information content (AvgIpc) is 3.36. The van der Waals surface area contributed by atoms with Crippen LogP contribution >= 0.6 is 0 Å². The zero-order chi connectivity index (χ0) is 22.9. The smallest absolute Gasteiger partial charge is 0.251 e. The minimum Gasteiger partial charge on any atom is -0.457 e. The fourth-order valence-electron chi connectivity index (χ4n) is 3.55. The first-order valence-corrected chi connectivity index (χ1v) is 11.0. The Labute approximate surface area is 193 Å². The number of ether oxygens (including phenoxy) is 2. The molecule has 1 aliphatic rings. The maximum Gasteiger partial charge on any atom is 0.251 e. The number of para-hydroxylation sites is 1. The lowest BCUT2D eigenvalue weighted by Crippen LogP contribution is -2.31. The molecule has 4 rings (SSSR count). The largest absolute Gasteiger partial charge is 0.457 e. The van der Waals surface area contributed by atoms with Crippen LogP contribution in [0.3, 0.4) is 0 Å². The topological polar surface area (TPSA) is 98.0 Å². The first-order chi connectivity index (χ1) is 16.2. The number of anilines is 1. The lowest BCUT2D eigenvalue weighted by Gasteiger charge is -2.11. The molecule has 0 aromatic heterocycles. The van der Waals surface area contributed by atoms with E-state index in [1.165, 1.54) is 0 Å². The molecule has 3 aromatic rings. The van der Waals surface area contributed by atoms with Crippen LogP contribution in [-0.4, -0.2) is 31.1 Å². The van der Waals surface area contributed by atoms with Crippen molar-refractivity contribution in [1.82, 2.24) is 5.32 Å². The highest BCUT2D eigenvalue weighted by Crippen LogP contribution is 2.23. The summed E-state index contributed by atoms with van der Waals surface area (Å²) < 4.78 is 11.4. The van der Waals surface area contributed by atoms with E-state index < -0.39 is 0 Å². The van der Waals surface area contributed by atoms with E-state index >= 15 is 0 Å². The van der Waals surface area contributed by atoms with E-state index in [1.54, 1.807) is 6.07 Å². The second-order valence-corrected chi connectivity index (χ2v) is 7.81. The summed E-state index contributed by atoms with van der Waals surface area (Å²) in [5.41, 5.74) is 8.34. The van der Waals surface area contributed by atoms with Gasteiger partial charge in [0.1, 0.15) is 11.5 Å². The number of carbonyl (C=O) groups excluding carboxylic acids is 1. The van der Waals surface area contributed by atoms with Crippen molar-refractivity contribution in [3.8, 4) is 11.5 Å². The van der Waals surface area contributed by atoms with E-state index in [9.17, 15) is 4.79 Å². The van der Waals surface area contributed by atoms with Gasteiger partial charge in [-0.25, -0.2) is 4.99 Å². The van der Waals surface area contributed by atoms with Crippen LogP contribution in [0, 0.1) is 0 Å². The molecule has 0 aliphatic carbocycles. The first kappa shape index (κ1) is 22.4. The van der Waals surface area contributed by atoms with Gasteiger partial charge in [0.15, 0.2) is 5.96 Å². The predicted molar refractivity (Wildman–Crippen MR) is 130 cm³/mol. The third-order valence-electron chi connectivity index (χ3n) is 5.22. The van der Waals surface area contributed by atoms with Crippen LogP contribution in [0.1, 0.15) is 28.8 Å². The molecular weight excluding hydrogens is 416 g/mol. The monoisotopic (exact) mass is 444 g/mol. The van der Waals surface area contributed by atoms with Crippen LogP contribution < -0.4 is 21.1 Å². The first-order valence-electron chi connectivity index (χ1n) is 11.0. The van der Waals surface area contributed by atoms with Crippen molar-refractivity contribution >= 4 is 17.6 Å². The van der Waals surface area contributed by atoms with Gasteiger partial charge < -0.3 is 25.8 Å². The van der Waals surface area contributed by atoms with Crippen LogP contribution in [-0.2, 0) is 11.3 Å². The number of hydrogen-bond acceptors (Lipinski definition) is 4. The fraction of sp³-hybridized carbons (Fsp3) is 0.231. The Morgan fingerprint density at radius 1 is 1.03 bits per heavy atom. The highest BCUT2D eigenvalue weighted by molar-refractivity contribution is 5.94. The van der Waals surface area contributed by atoms with Crippen molar-refractivity contribution in [2.75, 3.05) is 18.5 Å². The highest BCUT2D eigenvalue weighted by atomic mass is 16.5. The van der Waals surface area contributed by atoms with Gasteiger partial charge in [-0.05, 0) is 54.8 Å². The molecule has 170 valence electrons. The Bertz CT molecular complexity index is 1100. The van der Waals surface area contributed by atoms with E-state index in [2.05, 4.69) is 15.6 Å². The van der Waals surface area contributed by atoms with Gasteiger partial charge in [-0.3, -0.25) is 4.79 Å². The zero-order valence-electron chi connectivity index (χ0n) is 18.4. The molecule has 1 saturated heterocycles. The lowest BCUT2D eigenvalue weighted by molar-refractivity contribution is 0.0857. The number of nitrogens with two attached hydrogens (primary N) is 1. The number of amides is 1. The van der Waals surface area contributed by atoms with E-state index in [0.29, 0.717) is 24.4 Å². The van der Waals surface area contributed by atoms with Gasteiger partial charge in [0.2, 0.25) is 0 Å². The normalized spacial score (nSPS) is 15.8. The Hall–Kier alpha value is -3.84. The molecule has 0 radical (unpaired) electrons. The quantitative estimate of drug-likeness (QED) is 0.355. The maximum atomic E-state index is 12.4. The number of nitrogens with zero attached hydrogens (tertiary/aromatic N) is 1. The Kier molecular flexibility index (Phi) is 7.56. The molecule has 1 amide bonds. The summed E-state index contributed by atoms with van der Waals surface area (Å²) in [4.78, 5) is 16.8. The molecule has 7 heteroatoms. The van der Waals surface area contributed by atoms with E-state index in [-0.39, 0.29) is 18.0 Å². The molecule has 33 heavy (non-hydrogen) atoms. The molecule has 0 bridgehead atoms. The number of aliphatic imine (C=N–C) groups is 1. The maximum absolute atomic E-state index is 12.4. The summed E-state index contributed by atoms with van der Waals surface area (Å²) in [6, 6.07) is 24.5. The molecule has 4 N–H and O–H groups in total. The third kappa shape index (κ3) is 6.82. The van der Waals surface area contributed by atoms with E-state index in [4.69, 9.17) is 15.2 Å². The zero-order valence-corrected chi connectivity index (χ0v) is 18.4. The van der Waals surface area contributed by atoms with Crippen LogP contribution in [0.25, 0.3) is 0 Å². The Morgan fingerprint density at radius 3 is 2.67 bits per heavy atom. The number of rotatable bonds is 8. The molecule has 7 nitrogen and oxygen atoms in total. The molecule has 0 saturated carbocycles. The van der Waals surface area contributed by atoms with E-state index in [0.717, 1.165) is 36.4 Å². The molecule has 1 atom stereocenters. The third-order valence-corrected chi connectivity index (χ3v) is 5.22. The van der Waals surface area contributed by atoms with Gasteiger partial charge in [-0.1, -0.05) is 36.4 Å². The molecule has 3 aromatic carbocycles. The summed E-state index contributed by atoms with van der Waals surface area (Å²) in [6.07, 6.45) is 2.15. The Morgan fingerprint density at radius 2 is 1.85 bits per heavy atom. The lowest BCUT2D eigenvalue weighted by atomic mass is 10.1. The number of hydrogen-bond donors (Lipinski definition) is 3. The van der Waals surface area contributed by atoms with Crippen LogP contribution in [0.5, 0.6) is 11.5 Å². The standard InChI is InChI=1S/C26H28N4O3/c27-26(30-21-9-5-12-23(16-21)33-22-10-2-1-3-11-22)29-17-19-7-4-8-20(15-19)25(31)28-18-24-13-6-14-32-24/h1-5,7-12,15-16,24H,6,13-14,17-18H2,(H,28,31)(H3,27,29,30). The van der Waals surface area contributed by atoms with Crippen molar-refractivity contribution in [3.05, 3.63) is 90.0 Å². The molecular formula is C26H28N4O3. The summed E-state index contributed by atoms with van der Waals surface area (Å²) in [6.45, 7) is 1.66. The fourth-order valence-corrected chi connectivity index (χ4v) is 3.55. The number of guanidine groups is 1.